The van der Waals surface area contributed by atoms with Gasteiger partial charge in [-0.15, -0.1) is 0 Å². The molecule has 21 heavy (non-hydrogen) atoms. The summed E-state index contributed by atoms with van der Waals surface area (Å²) in [6.45, 7) is 0.546. The summed E-state index contributed by atoms with van der Waals surface area (Å²) >= 11 is 3.19. The molecule has 0 atom stereocenters. The van der Waals surface area contributed by atoms with Crippen molar-refractivity contribution in [3.63, 3.8) is 0 Å². The molecule has 0 saturated carbocycles. The number of rotatable bonds is 2. The van der Waals surface area contributed by atoms with Gasteiger partial charge in [0.15, 0.2) is 0 Å². The lowest BCUT2D eigenvalue weighted by Crippen LogP contribution is -2.26. The minimum atomic E-state index is -0.608. The average Bonchev–Trinajstić information content (AvgIpc) is 2.72. The largest absolute Gasteiger partial charge is 0.495 e. The first kappa shape index (κ1) is 14.2. The van der Waals surface area contributed by atoms with Gasteiger partial charge in [-0.2, -0.15) is 0 Å². The Balaban J connectivity index is 2.27. The Morgan fingerprint density at radius 1 is 1.38 bits per heavy atom. The summed E-state index contributed by atoms with van der Waals surface area (Å²) in [4.78, 5) is 12.4. The van der Waals surface area contributed by atoms with Crippen molar-refractivity contribution in [2.24, 2.45) is 0 Å². The average molecular weight is 357 g/mol. The number of nitrogens with zero attached hydrogens (tertiary/aromatic N) is 2. The Kier molecular flexibility index (Phi) is 3.52. The molecule has 0 fully saturated rings. The molecule has 0 radical (unpaired) electrons. The van der Waals surface area contributed by atoms with Crippen LogP contribution in [0.5, 0.6) is 11.6 Å². The molecule has 0 spiro atoms. The van der Waals surface area contributed by atoms with Crippen LogP contribution in [-0.4, -0.2) is 21.4 Å². The van der Waals surface area contributed by atoms with Crippen LogP contribution in [-0.2, 0) is 13.0 Å². The lowest BCUT2D eigenvalue weighted by molar-refractivity contribution is 0.408. The fourth-order valence-corrected chi connectivity index (χ4v) is 3.16. The van der Waals surface area contributed by atoms with Gasteiger partial charge in [0.2, 0.25) is 5.88 Å². The van der Waals surface area contributed by atoms with Crippen molar-refractivity contribution in [2.75, 3.05) is 7.11 Å². The van der Waals surface area contributed by atoms with Crippen molar-refractivity contribution in [1.29, 1.82) is 0 Å². The van der Waals surface area contributed by atoms with E-state index in [0.29, 0.717) is 28.9 Å². The number of fused-ring (bicyclic) bond motifs is 1. The molecule has 112 valence electrons. The molecule has 1 aromatic carbocycles. The smallest absolute Gasteiger partial charge is 0.336 e. The van der Waals surface area contributed by atoms with Gasteiger partial charge in [0.05, 0.1) is 23.0 Å². The lowest BCUT2D eigenvalue weighted by Gasteiger charge is -2.12. The van der Waals surface area contributed by atoms with Crippen molar-refractivity contribution >= 4 is 15.9 Å². The highest BCUT2D eigenvalue weighted by Crippen LogP contribution is 2.32. The summed E-state index contributed by atoms with van der Waals surface area (Å²) in [5.74, 6) is -0.409. The molecule has 2 aromatic rings. The predicted octanol–water partition coefficient (Wildman–Crippen LogP) is 2.59. The minimum absolute atomic E-state index is 0.0144. The Morgan fingerprint density at radius 2 is 2.14 bits per heavy atom. The summed E-state index contributed by atoms with van der Waals surface area (Å²) in [5.41, 5.74) is 0.123. The second kappa shape index (κ2) is 5.22. The van der Waals surface area contributed by atoms with Crippen LogP contribution in [0.3, 0.4) is 0 Å². The molecule has 0 unspecified atom stereocenters. The third-order valence-corrected chi connectivity index (χ3v) is 4.35. The van der Waals surface area contributed by atoms with E-state index in [0.717, 1.165) is 17.4 Å². The maximum atomic E-state index is 14.2. The standard InChI is InChI=1S/C14H14BrFN2O3/c1-21-12-7-11(9(16)6-8(12)15)18-13(19)10-4-2-3-5-17(10)14(18)20/h6-7,19H,2-5H2,1H3. The van der Waals surface area contributed by atoms with Gasteiger partial charge in [0, 0.05) is 12.6 Å². The molecule has 7 heteroatoms. The van der Waals surface area contributed by atoms with E-state index in [4.69, 9.17) is 4.74 Å². The summed E-state index contributed by atoms with van der Waals surface area (Å²) in [6.07, 6.45) is 2.40. The van der Waals surface area contributed by atoms with Gasteiger partial charge in [0.25, 0.3) is 0 Å². The first-order valence-corrected chi connectivity index (χ1v) is 7.40. The number of methoxy groups -OCH3 is 1. The second-order valence-electron chi connectivity index (χ2n) is 4.94. The number of imidazole rings is 1. The van der Waals surface area contributed by atoms with E-state index in [9.17, 15) is 14.3 Å². The molecule has 0 amide bonds. The summed E-state index contributed by atoms with van der Waals surface area (Å²) < 4.78 is 22.3. The molecule has 0 bridgehead atoms. The Labute approximate surface area is 128 Å². The molecule has 0 aliphatic carbocycles. The van der Waals surface area contributed by atoms with Crippen molar-refractivity contribution in [3.8, 4) is 17.3 Å². The molecule has 1 aromatic heterocycles. The molecular formula is C14H14BrFN2O3. The number of aromatic nitrogens is 2. The maximum absolute atomic E-state index is 14.2. The number of halogens is 2. The number of hydrogen-bond donors (Lipinski definition) is 1. The Morgan fingerprint density at radius 3 is 2.81 bits per heavy atom. The third kappa shape index (κ3) is 2.16. The van der Waals surface area contributed by atoms with Crippen molar-refractivity contribution in [3.05, 3.63) is 38.6 Å². The monoisotopic (exact) mass is 356 g/mol. The van der Waals surface area contributed by atoms with E-state index in [1.165, 1.54) is 23.8 Å². The summed E-state index contributed by atoms with van der Waals surface area (Å²) in [5, 5.41) is 10.3. The number of hydrogen-bond acceptors (Lipinski definition) is 3. The highest BCUT2D eigenvalue weighted by atomic mass is 79.9. The first-order valence-electron chi connectivity index (χ1n) is 6.61. The molecule has 1 aliphatic heterocycles. The molecule has 1 N–H and O–H groups in total. The maximum Gasteiger partial charge on any atom is 0.336 e. The number of aromatic hydroxyl groups is 1. The van der Waals surface area contributed by atoms with Gasteiger partial charge < -0.3 is 9.84 Å². The van der Waals surface area contributed by atoms with Gasteiger partial charge in [0.1, 0.15) is 11.6 Å². The van der Waals surface area contributed by atoms with Crippen LogP contribution < -0.4 is 10.4 Å². The van der Waals surface area contributed by atoms with Crippen molar-refractivity contribution in [1.82, 2.24) is 9.13 Å². The van der Waals surface area contributed by atoms with Gasteiger partial charge in [-0.1, -0.05) is 0 Å². The van der Waals surface area contributed by atoms with E-state index in [-0.39, 0.29) is 11.6 Å². The summed E-state index contributed by atoms with van der Waals surface area (Å²) in [7, 11) is 1.45. The van der Waals surface area contributed by atoms with Crippen molar-refractivity contribution in [2.45, 2.75) is 25.8 Å². The molecule has 2 heterocycles. The van der Waals surface area contributed by atoms with Crippen LogP contribution in [0, 0.1) is 5.82 Å². The minimum Gasteiger partial charge on any atom is -0.495 e. The number of ether oxygens (including phenoxy) is 1. The van der Waals surface area contributed by atoms with E-state index in [1.807, 2.05) is 0 Å². The third-order valence-electron chi connectivity index (χ3n) is 3.73. The fraction of sp³-hybridized carbons (Fsp3) is 0.357. The normalized spacial score (nSPS) is 14.0. The lowest BCUT2D eigenvalue weighted by atomic mass is 10.1. The van der Waals surface area contributed by atoms with Gasteiger partial charge in [-0.3, -0.25) is 4.57 Å². The van der Waals surface area contributed by atoms with Crippen LogP contribution >= 0.6 is 15.9 Å². The zero-order valence-electron chi connectivity index (χ0n) is 11.4. The van der Waals surface area contributed by atoms with Crippen LogP contribution in [0.4, 0.5) is 4.39 Å². The van der Waals surface area contributed by atoms with Gasteiger partial charge >= 0.3 is 5.69 Å². The van der Waals surface area contributed by atoms with Crippen LogP contribution in [0.1, 0.15) is 18.5 Å². The van der Waals surface area contributed by atoms with E-state index < -0.39 is 11.5 Å². The predicted molar refractivity (Wildman–Crippen MR) is 78.8 cm³/mol. The highest BCUT2D eigenvalue weighted by Gasteiger charge is 2.24. The first-order chi connectivity index (χ1) is 10.0. The Hall–Kier alpha value is -1.76. The molecule has 5 nitrogen and oxygen atoms in total. The van der Waals surface area contributed by atoms with Gasteiger partial charge in [-0.05, 0) is 41.3 Å². The fourth-order valence-electron chi connectivity index (χ4n) is 2.68. The van der Waals surface area contributed by atoms with Crippen molar-refractivity contribution < 1.29 is 14.2 Å². The topological polar surface area (TPSA) is 56.4 Å². The van der Waals surface area contributed by atoms with E-state index in [1.54, 1.807) is 0 Å². The van der Waals surface area contributed by atoms with Crippen LogP contribution in [0.15, 0.2) is 21.4 Å². The van der Waals surface area contributed by atoms with E-state index in [2.05, 4.69) is 15.9 Å². The molecular weight excluding hydrogens is 343 g/mol. The molecule has 0 saturated heterocycles. The number of benzene rings is 1. The highest BCUT2D eigenvalue weighted by molar-refractivity contribution is 9.10. The SMILES string of the molecule is COc1cc(-n2c(O)c3n(c2=O)CCCC3)c(F)cc1Br. The molecule has 1 aliphatic rings. The molecule has 3 rings (SSSR count). The Bertz CT molecular complexity index is 767. The second-order valence-corrected chi connectivity index (χ2v) is 5.79. The quantitative estimate of drug-likeness (QED) is 0.899. The summed E-state index contributed by atoms with van der Waals surface area (Å²) in [6, 6.07) is 2.61. The zero-order valence-corrected chi connectivity index (χ0v) is 13.0. The van der Waals surface area contributed by atoms with Crippen LogP contribution in [0.2, 0.25) is 0 Å². The van der Waals surface area contributed by atoms with Gasteiger partial charge in [-0.25, -0.2) is 13.8 Å². The zero-order chi connectivity index (χ0) is 15.1. The van der Waals surface area contributed by atoms with E-state index >= 15 is 0 Å². The van der Waals surface area contributed by atoms with Crippen LogP contribution in [0.25, 0.3) is 5.69 Å².